The van der Waals surface area contributed by atoms with Crippen molar-refractivity contribution in [1.29, 1.82) is 0 Å². The van der Waals surface area contributed by atoms with E-state index in [0.29, 0.717) is 147 Å². The predicted octanol–water partition coefficient (Wildman–Crippen LogP) is 27.1. The summed E-state index contributed by atoms with van der Waals surface area (Å²) in [6.45, 7) is 21.5. The first-order valence-corrected chi connectivity index (χ1v) is 71.7. The van der Waals surface area contributed by atoms with E-state index in [9.17, 15) is 44.7 Å². The van der Waals surface area contributed by atoms with Crippen LogP contribution < -0.4 is 0 Å². The number of aliphatic hydroxyl groups is 5. The molecular weight excluding hydrogens is 2190 g/mol. The molecule has 1 aliphatic heterocycles. The molecule has 0 amide bonds. The number of terminal acetylenes is 1. The van der Waals surface area contributed by atoms with Crippen LogP contribution in [0.5, 0.6) is 0 Å². The second kappa shape index (κ2) is 43.1. The number of ether oxygens (including phenoxy) is 2. The van der Waals surface area contributed by atoms with Crippen molar-refractivity contribution >= 4 is 123 Å². The van der Waals surface area contributed by atoms with E-state index in [1.54, 1.807) is 22.3 Å². The Labute approximate surface area is 818 Å². The number of carbonyl (C=O) groups excluding carboxylic acids is 4. The molecule has 5 N–H and O–H groups in total. The third-order valence-corrected chi connectivity index (χ3v) is 39.5. The van der Waals surface area contributed by atoms with Gasteiger partial charge >= 0.3 is 114 Å². The van der Waals surface area contributed by atoms with Gasteiger partial charge in [-0.15, -0.1) is 6.42 Å². The summed E-state index contributed by atoms with van der Waals surface area (Å²) in [6.07, 6.45) is 64.0. The zero-order chi connectivity index (χ0) is 86.1. The fourth-order valence-corrected chi connectivity index (χ4v) is 34.4. The molecule has 1 spiro atoms. The van der Waals surface area contributed by atoms with Crippen molar-refractivity contribution in [2.45, 2.75) is 389 Å². The molecule has 0 aromatic rings. The van der Waals surface area contributed by atoms with Gasteiger partial charge in [0, 0.05) is 76.4 Å². The molecule has 11 nitrogen and oxygen atoms in total. The van der Waals surface area contributed by atoms with Gasteiger partial charge in [0.05, 0.1) is 37.6 Å². The van der Waals surface area contributed by atoms with Gasteiger partial charge in [-0.2, -0.15) is 0 Å². The summed E-state index contributed by atoms with van der Waals surface area (Å²) in [6, 6.07) is 0. The van der Waals surface area contributed by atoms with E-state index in [1.165, 1.54) is 146 Å². The first-order valence-electron chi connectivity index (χ1n) is 49.2. The van der Waals surface area contributed by atoms with Crippen molar-refractivity contribution in [3.63, 3.8) is 0 Å². The van der Waals surface area contributed by atoms with Gasteiger partial charge in [-0.3, -0.25) is 19.2 Å². The molecule has 2 unspecified atom stereocenters. The van der Waals surface area contributed by atoms with E-state index in [0.717, 1.165) is 148 Å². The van der Waals surface area contributed by atoms with Crippen LogP contribution in [0.3, 0.4) is 0 Å². The first-order chi connectivity index (χ1) is 58.0. The second-order valence-corrected chi connectivity index (χ2v) is 90.9. The van der Waals surface area contributed by atoms with Crippen molar-refractivity contribution in [2.24, 2.45) is 151 Å². The van der Waals surface area contributed by atoms with Crippen LogP contribution in [0.4, 0.5) is 0 Å². The molecule has 1 heterocycles. The van der Waals surface area contributed by atoms with Crippen molar-refractivity contribution in [1.82, 2.24) is 0 Å². The monoisotopic (exact) mass is 2350 g/mol. The first kappa shape index (κ1) is 104. The van der Waals surface area contributed by atoms with Gasteiger partial charge < -0.3 is 35.0 Å². The van der Waals surface area contributed by atoms with Crippen LogP contribution in [-0.4, -0.2) is 97.7 Å². The molecule has 0 aromatic heterocycles. The molecule has 697 valence electrons. The Balaban J connectivity index is 0.000000138. The molecule has 15 saturated carbocycles. The molecular formula is C106H162I5O11V2. The predicted molar refractivity (Wildman–Crippen MR) is 540 cm³/mol. The van der Waals surface area contributed by atoms with Crippen molar-refractivity contribution in [2.75, 3.05) is 13.2 Å². The van der Waals surface area contributed by atoms with Gasteiger partial charge in [-0.05, 0) is 363 Å². The zero-order valence-corrected chi connectivity index (χ0v) is 88.1. The molecule has 124 heavy (non-hydrogen) atoms. The quantitative estimate of drug-likeness (QED) is 0.100. The maximum atomic E-state index is 13.6. The summed E-state index contributed by atoms with van der Waals surface area (Å²) in [5, 5.41) is 54.3. The number of aliphatic hydroxyl groups excluding tert-OH is 4. The molecule has 16 fully saturated rings. The summed E-state index contributed by atoms with van der Waals surface area (Å²) in [4.78, 5) is 50.5. The minimum atomic E-state index is -0.914. The molecule has 18 heteroatoms. The standard InChI is InChI=1S/C24H36O3.C22H30O.C19H28O3.C19H30O2.C19H26O2.3CH4.5HI.2V/c1-4-23-13-20(25)21-17-8-6-5-7-16(17)9-10-18(21)19(23)11-12-24(23)26-14-22(2,3)15-27-24;1-4-21-14-15(3)20-17-9-7-6-8-16(17)10-11-18(20)19(21)12-13-22(21,23)5-2;1-2-19-10-16(21)18-13-6-4-12(20)9-11(13)3-5-14(18)15(19)7-8-17(19)22;2*1-2-19-11-16(20)18-13-6-4-3-5-12(13)7-8-14(18)15(19)9-10-17(19)21;;;;;;;;;;/h7,17-19,21H,4-6,8-15H2,1-3H3;2,8,17-20,23H,3-4,6-7,9-14H2,1H3;9,13-18,21-22H,2-8,10H2,1H3;5,13-18,20-21H,2-4,6-11H2,1H3;5,13-15,18H,2-4,6-11H2,1H3;3*1H4;5*1H;;/q;;;;;;;;;;;;;+2;+3/p-5/t17-,18-,19-,21+,23-;17-,18-,19-,20+,21-,22-;2*13-,14-,15-,16+,17?,18+,19-;13-,14-,15-,18+,19-;;;;;;;;;;/m00000........../s1. The molecule has 1 saturated heterocycles. The van der Waals surface area contributed by atoms with Gasteiger partial charge in [0.25, 0.3) is 0 Å². The number of ketones is 4. The van der Waals surface area contributed by atoms with E-state index in [1.807, 2.05) is 6.08 Å². The number of fused-ring (bicyclic) bond motifs is 26. The van der Waals surface area contributed by atoms with E-state index in [4.69, 9.17) is 15.9 Å². The van der Waals surface area contributed by atoms with Crippen molar-refractivity contribution in [3.05, 3.63) is 70.4 Å². The SMILES string of the molecule is C.C.C.C#C[C@]1(O)CC[C@H]2[C@@H]3CCC4=CCCC[C@@H]4[C@H]3C(=C)C[C@@]21CC.CC[C@]12CC(=O)[C@H]3[C@@H](CCC4=CCCC[C@@H]43)[C@@H]1CCC21OCC(C)(C)CO1.CC[C@]12CC(=O)[C@H]3[C@@H](CCC4=CCCC[C@@H]43)[C@@H]1CCC2=O.CC[C@]12C[C@@H](O)[C@H]3[C@@H](CCC4=CC(=O)CC[C@@H]43)[C@@H]1CCC2O.CC[C@]12C[C@@H](O)[C@H]3[C@@H](CCC4=CCCC[C@@H]43)[C@@H]1CCC2O.[I][V]([I])[I].[I][V][I]. The van der Waals surface area contributed by atoms with Gasteiger partial charge in [0.1, 0.15) is 23.0 Å². The fraction of sp³-hybridized carbons (Fsp3) is 0.830. The summed E-state index contributed by atoms with van der Waals surface area (Å²) < 4.78 is 13.1. The minimum absolute atomic E-state index is 0. The van der Waals surface area contributed by atoms with E-state index >= 15 is 0 Å². The Morgan fingerprint density at radius 2 is 0.887 bits per heavy atom. The number of Topliss-reactive ketones (excluding diaryl/α,β-unsaturated/α-hetero) is 3. The van der Waals surface area contributed by atoms with Crippen LogP contribution in [0.1, 0.15) is 353 Å². The molecule has 0 aromatic carbocycles. The number of hydrogen-bond acceptors (Lipinski definition) is 11. The maximum absolute atomic E-state index is 13.6. The van der Waals surface area contributed by atoms with Crippen LogP contribution >= 0.6 is 99.9 Å². The summed E-state index contributed by atoms with van der Waals surface area (Å²) >= 11 is 12.1. The average molecular weight is 2350 g/mol. The Hall–Kier alpha value is 1.22. The zero-order valence-electron chi connectivity index (χ0n) is 74.5. The second-order valence-electron chi connectivity index (χ2n) is 43.7. The number of hydrogen-bond donors (Lipinski definition) is 5. The van der Waals surface area contributed by atoms with Crippen LogP contribution in [-0.2, 0) is 43.0 Å². The molecule has 21 aliphatic rings. The molecule has 20 aliphatic carbocycles. The number of halogens is 5. The van der Waals surface area contributed by atoms with E-state index in [-0.39, 0.29) is 102 Å². The van der Waals surface area contributed by atoms with Gasteiger partial charge in [-0.25, -0.2) is 0 Å². The van der Waals surface area contributed by atoms with Crippen molar-refractivity contribution < 1.29 is 68.6 Å². The third-order valence-electron chi connectivity index (χ3n) is 39.5. The van der Waals surface area contributed by atoms with Gasteiger partial charge in [0.15, 0.2) is 11.6 Å². The van der Waals surface area contributed by atoms with Crippen LogP contribution in [0.2, 0.25) is 0 Å². The van der Waals surface area contributed by atoms with Crippen LogP contribution in [0.25, 0.3) is 0 Å². The summed E-state index contributed by atoms with van der Waals surface area (Å²) in [7, 11) is 0.628. The molecule has 30 atom stereocenters. The fourth-order valence-electron chi connectivity index (χ4n) is 34.4. The van der Waals surface area contributed by atoms with E-state index < -0.39 is 11.4 Å². The van der Waals surface area contributed by atoms with Crippen LogP contribution in [0.15, 0.2) is 70.4 Å². The van der Waals surface area contributed by atoms with E-state index in [2.05, 4.69) is 185 Å². The topological polar surface area (TPSA) is 188 Å². The number of rotatable bonds is 5. The normalized spacial score (nSPS) is 44.9. The Morgan fingerprint density at radius 1 is 0.476 bits per heavy atom. The Kier molecular flexibility index (Phi) is 36.2. The van der Waals surface area contributed by atoms with Gasteiger partial charge in [-0.1, -0.05) is 141 Å². The molecule has 21 rings (SSSR count). The Bertz CT molecular complexity index is 3960. The number of carbonyl (C=O) groups is 4. The summed E-state index contributed by atoms with van der Waals surface area (Å²) in [5.74, 6) is 14.6. The van der Waals surface area contributed by atoms with Crippen molar-refractivity contribution in [3.8, 4) is 12.3 Å². The number of allylic oxidation sites excluding steroid dienone is 10. The van der Waals surface area contributed by atoms with Crippen LogP contribution in [0, 0.1) is 163 Å². The Morgan fingerprint density at radius 3 is 1.35 bits per heavy atom. The third kappa shape index (κ3) is 18.8. The molecule has 0 radical (unpaired) electrons. The average Bonchev–Trinajstić information content (AvgIpc) is 1.52. The van der Waals surface area contributed by atoms with Gasteiger partial charge in [0.2, 0.25) is 0 Å². The molecule has 0 bridgehead atoms. The summed E-state index contributed by atoms with van der Waals surface area (Å²) in [5.41, 5.74) is 7.90.